The van der Waals surface area contributed by atoms with Crippen LogP contribution in [0, 0.1) is 6.92 Å². The minimum absolute atomic E-state index is 0.0508. The van der Waals surface area contributed by atoms with Gasteiger partial charge in [0, 0.05) is 10.9 Å². The molecule has 2 aromatic carbocycles. The van der Waals surface area contributed by atoms with Crippen molar-refractivity contribution in [2.75, 3.05) is 11.6 Å². The van der Waals surface area contributed by atoms with Gasteiger partial charge in [-0.1, -0.05) is 57.2 Å². The zero-order valence-corrected chi connectivity index (χ0v) is 21.3. The molecule has 1 aliphatic heterocycles. The van der Waals surface area contributed by atoms with Crippen molar-refractivity contribution in [1.82, 2.24) is 0 Å². The second kappa shape index (κ2) is 8.39. The zero-order valence-electron chi connectivity index (χ0n) is 16.3. The maximum atomic E-state index is 11.0. The molecule has 0 saturated heterocycles. The van der Waals surface area contributed by atoms with Crippen LogP contribution in [0.1, 0.15) is 37.5 Å². The van der Waals surface area contributed by atoms with Crippen molar-refractivity contribution in [2.45, 2.75) is 45.7 Å². The van der Waals surface area contributed by atoms with Gasteiger partial charge in [-0.05, 0) is 48.7 Å². The van der Waals surface area contributed by atoms with E-state index in [1.165, 1.54) is 16.8 Å². The van der Waals surface area contributed by atoms with Gasteiger partial charge in [0.1, 0.15) is 5.75 Å². The van der Waals surface area contributed by atoms with Gasteiger partial charge in [0.15, 0.2) is 8.24 Å². The predicted octanol–water partition coefficient (Wildman–Crippen LogP) is 5.39. The normalized spacial score (nSPS) is 18.8. The van der Waals surface area contributed by atoms with E-state index in [2.05, 4.69) is 82.3 Å². The Balaban J connectivity index is 0.000000758. The summed E-state index contributed by atoms with van der Waals surface area (Å²) in [5.41, 5.74) is 5.10. The average molecular weight is 488 g/mol. The molecule has 26 heavy (non-hydrogen) atoms. The molecule has 1 heterocycles. The summed E-state index contributed by atoms with van der Waals surface area (Å²) in [6.07, 6.45) is 0. The van der Waals surface area contributed by atoms with Crippen LogP contribution in [0.5, 0.6) is 5.75 Å². The van der Waals surface area contributed by atoms with Crippen LogP contribution >= 0.6 is 17.0 Å². The molecular weight excluding hydrogens is 460 g/mol. The third-order valence-corrected chi connectivity index (χ3v) is 9.69. The molecule has 0 saturated carbocycles. The van der Waals surface area contributed by atoms with Crippen LogP contribution in [0.3, 0.4) is 0 Å². The molecule has 0 spiro atoms. The van der Waals surface area contributed by atoms with Crippen LogP contribution in [-0.4, -0.2) is 20.4 Å². The number of phenolic OH excluding ortho intramolecular Hbond substituents is 1. The molecule has 0 amide bonds. The minimum atomic E-state index is -1.97. The summed E-state index contributed by atoms with van der Waals surface area (Å²) < 4.78 is 2.47. The molecule has 1 N–H and O–H groups in total. The van der Waals surface area contributed by atoms with Crippen molar-refractivity contribution in [3.8, 4) is 5.75 Å². The van der Waals surface area contributed by atoms with Gasteiger partial charge >= 0.3 is 37.9 Å². The van der Waals surface area contributed by atoms with Crippen molar-refractivity contribution in [2.24, 2.45) is 0 Å². The quantitative estimate of drug-likeness (QED) is 0.546. The average Bonchev–Trinajstić information content (AvgIpc) is 2.80. The van der Waals surface area contributed by atoms with Crippen molar-refractivity contribution < 1.29 is 26.0 Å². The van der Waals surface area contributed by atoms with Crippen LogP contribution in [-0.2, 0) is 32.3 Å². The Morgan fingerprint density at radius 2 is 1.69 bits per heavy atom. The molecule has 0 fully saturated rings. The number of aromatic hydroxyl groups is 1. The first-order valence-electron chi connectivity index (χ1n) is 8.69. The van der Waals surface area contributed by atoms with Crippen LogP contribution in [0.2, 0.25) is 6.55 Å². The van der Waals surface area contributed by atoms with Crippen LogP contribution < -0.4 is 9.75 Å². The summed E-state index contributed by atoms with van der Waals surface area (Å²) in [4.78, 5) is 0. The first-order chi connectivity index (χ1) is 12.1. The molecule has 2 nitrogen and oxygen atoms in total. The van der Waals surface area contributed by atoms with Crippen LogP contribution in [0.4, 0.5) is 5.69 Å². The van der Waals surface area contributed by atoms with Crippen LogP contribution in [0.25, 0.3) is 0 Å². The van der Waals surface area contributed by atoms with Crippen molar-refractivity contribution >= 4 is 36.1 Å². The number of halogens is 2. The van der Waals surface area contributed by atoms with E-state index >= 15 is 0 Å². The van der Waals surface area contributed by atoms with Gasteiger partial charge in [0.25, 0.3) is 0 Å². The van der Waals surface area contributed by atoms with E-state index in [0.29, 0.717) is 5.75 Å². The Morgan fingerprint density at radius 3 is 2.23 bits per heavy atom. The fourth-order valence-electron chi connectivity index (χ4n) is 3.94. The standard InChI is InChI=1S/C20H27NOSi.2ClH.Zr/c1-14-9-7-10-15-13-23(6,21(5)18(14)15)17-12-8-11-16(19(17)22)20(2,3)4;;;/h7-12,22H,13H2,1-6H3;2*1H;/q;;;+2/p-2. The second-order valence-corrected chi connectivity index (χ2v) is 16.0. The zero-order chi connectivity index (χ0) is 19.7. The number of hydrogen-bond donors (Lipinski definition) is 1. The Hall–Kier alpha value is -0.280. The van der Waals surface area contributed by atoms with E-state index in [-0.39, 0.29) is 5.41 Å². The molecule has 1 unspecified atom stereocenters. The third-order valence-electron chi connectivity index (χ3n) is 5.36. The summed E-state index contributed by atoms with van der Waals surface area (Å²) in [5.74, 6) is 0.506. The number of benzene rings is 2. The van der Waals surface area contributed by atoms with E-state index in [1.54, 1.807) is 0 Å². The maximum absolute atomic E-state index is 11.0. The number of aryl methyl sites for hydroxylation is 1. The number of para-hydroxylation sites is 2. The molecule has 0 aliphatic carbocycles. The molecule has 1 atom stereocenters. The number of anilines is 1. The van der Waals surface area contributed by atoms with Gasteiger partial charge < -0.3 is 9.67 Å². The van der Waals surface area contributed by atoms with Gasteiger partial charge in [-0.15, -0.1) is 0 Å². The molecule has 0 bridgehead atoms. The summed E-state index contributed by atoms with van der Waals surface area (Å²) in [6.45, 7) is 11.0. The molecule has 0 radical (unpaired) electrons. The van der Waals surface area contributed by atoms with Gasteiger partial charge in [-0.2, -0.15) is 0 Å². The molecular formula is C20H27Cl2NOSiZr. The van der Waals surface area contributed by atoms with E-state index in [1.807, 2.05) is 0 Å². The van der Waals surface area contributed by atoms with Gasteiger partial charge in [-0.25, -0.2) is 0 Å². The fraction of sp³-hybridized carbons (Fsp3) is 0.400. The van der Waals surface area contributed by atoms with Gasteiger partial charge in [0.2, 0.25) is 0 Å². The summed E-state index contributed by atoms with van der Waals surface area (Å²) >= 11 is -0.826. The molecule has 1 aliphatic rings. The summed E-state index contributed by atoms with van der Waals surface area (Å²) in [7, 11) is 10.1. The van der Waals surface area contributed by atoms with Crippen molar-refractivity contribution in [3.05, 3.63) is 53.1 Å². The Kier molecular flexibility index (Phi) is 7.10. The second-order valence-electron chi connectivity index (χ2n) is 8.12. The van der Waals surface area contributed by atoms with Gasteiger partial charge in [0.05, 0.1) is 0 Å². The number of phenols is 1. The molecule has 2 aromatic rings. The number of rotatable bonds is 1. The SMILES string of the molecule is Cc1cccc2c1N(C)[Si](C)(c1cccc(C(C)(C)C)c1O)C2.[Cl][Zr][Cl]. The molecule has 3 rings (SSSR count). The van der Waals surface area contributed by atoms with Crippen molar-refractivity contribution in [1.29, 1.82) is 0 Å². The monoisotopic (exact) mass is 485 g/mol. The molecule has 140 valence electrons. The van der Waals surface area contributed by atoms with E-state index in [0.717, 1.165) is 16.8 Å². The Bertz CT molecular complexity index is 794. The number of nitrogens with zero attached hydrogens (tertiary/aromatic N) is 1. The third kappa shape index (κ3) is 4.09. The Morgan fingerprint density at radius 1 is 1.12 bits per heavy atom. The summed E-state index contributed by atoms with van der Waals surface area (Å²) in [5, 5.41) is 12.2. The topological polar surface area (TPSA) is 23.5 Å². The Labute approximate surface area is 177 Å². The fourth-order valence-corrected chi connectivity index (χ4v) is 7.67. The first kappa shape index (κ1) is 22.0. The number of hydrogen-bond acceptors (Lipinski definition) is 2. The van der Waals surface area contributed by atoms with Crippen LogP contribution in [0.15, 0.2) is 36.4 Å². The van der Waals surface area contributed by atoms with E-state index in [9.17, 15) is 5.11 Å². The predicted molar refractivity (Wildman–Crippen MR) is 113 cm³/mol. The van der Waals surface area contributed by atoms with Gasteiger partial charge in [-0.3, -0.25) is 0 Å². The van der Waals surface area contributed by atoms with E-state index < -0.39 is 29.1 Å². The number of fused-ring (bicyclic) bond motifs is 1. The molecule has 6 heteroatoms. The van der Waals surface area contributed by atoms with Crippen molar-refractivity contribution in [3.63, 3.8) is 0 Å². The first-order valence-corrected chi connectivity index (χ1v) is 17.7. The van der Waals surface area contributed by atoms with E-state index in [4.69, 9.17) is 17.0 Å². The molecule has 0 aromatic heterocycles. The summed E-state index contributed by atoms with van der Waals surface area (Å²) in [6, 6.07) is 13.9.